The van der Waals surface area contributed by atoms with E-state index in [9.17, 15) is 19.2 Å². The first kappa shape index (κ1) is 29.9. The predicted octanol–water partition coefficient (Wildman–Crippen LogP) is 7.30. The summed E-state index contributed by atoms with van der Waals surface area (Å²) in [5, 5.41) is 0. The van der Waals surface area contributed by atoms with Crippen LogP contribution in [0.4, 0.5) is 0 Å². The molecule has 1 aromatic heterocycles. The van der Waals surface area contributed by atoms with Crippen LogP contribution in [-0.2, 0) is 9.59 Å². The lowest BCUT2D eigenvalue weighted by atomic mass is 9.34. The Morgan fingerprint density at radius 1 is 1.00 bits per heavy atom. The zero-order valence-electron chi connectivity index (χ0n) is 27.0. The van der Waals surface area contributed by atoms with Crippen LogP contribution in [0, 0.1) is 56.8 Å². The molecule has 43 heavy (non-hydrogen) atoms. The molecule has 5 aliphatic carbocycles. The molecule has 0 radical (unpaired) electrons. The Morgan fingerprint density at radius 3 is 2.30 bits per heavy atom. The van der Waals surface area contributed by atoms with Crippen LogP contribution in [0.2, 0.25) is 0 Å². The molecule has 6 rings (SSSR count). The van der Waals surface area contributed by atoms with Crippen LogP contribution in [0.25, 0.3) is 4.85 Å². The number of imidazole rings is 1. The van der Waals surface area contributed by atoms with E-state index in [2.05, 4.69) is 44.4 Å². The van der Waals surface area contributed by atoms with Gasteiger partial charge in [-0.25, -0.2) is 9.83 Å². The fourth-order valence-electron chi connectivity index (χ4n) is 10.8. The van der Waals surface area contributed by atoms with Crippen molar-refractivity contribution < 1.29 is 19.2 Å². The molecule has 0 amide bonds. The van der Waals surface area contributed by atoms with Crippen molar-refractivity contribution >= 4 is 23.3 Å². The third-order valence-corrected chi connectivity index (χ3v) is 13.4. The second-order valence-electron chi connectivity index (χ2n) is 16.4. The summed E-state index contributed by atoms with van der Waals surface area (Å²) in [7, 11) is 0. The van der Waals surface area contributed by atoms with Crippen molar-refractivity contribution in [3.63, 3.8) is 0 Å². The third-order valence-electron chi connectivity index (χ3n) is 13.4. The molecular formula is C36H45N3O4. The van der Waals surface area contributed by atoms with Crippen LogP contribution >= 0.6 is 0 Å². The molecule has 7 nitrogen and oxygen atoms in total. The number of carbonyl (C=O) groups is 4. The van der Waals surface area contributed by atoms with Gasteiger partial charge in [0, 0.05) is 29.9 Å². The van der Waals surface area contributed by atoms with Gasteiger partial charge >= 0.3 is 0 Å². The van der Waals surface area contributed by atoms with Crippen LogP contribution in [0.15, 0.2) is 35.9 Å². The van der Waals surface area contributed by atoms with Crippen molar-refractivity contribution in [2.75, 3.05) is 0 Å². The average molecular weight is 584 g/mol. The second kappa shape index (κ2) is 8.96. The van der Waals surface area contributed by atoms with E-state index < -0.39 is 16.2 Å². The molecule has 0 bridgehead atoms. The average Bonchev–Trinajstić information content (AvgIpc) is 3.42. The van der Waals surface area contributed by atoms with E-state index in [0.29, 0.717) is 12.8 Å². The number of rotatable bonds is 2. The summed E-state index contributed by atoms with van der Waals surface area (Å²) < 4.78 is 1.51. The molecule has 1 aromatic rings. The Kier molecular flexibility index (Phi) is 6.23. The van der Waals surface area contributed by atoms with Gasteiger partial charge in [0.15, 0.2) is 17.3 Å². The van der Waals surface area contributed by atoms with E-state index >= 15 is 0 Å². The van der Waals surface area contributed by atoms with Crippen LogP contribution in [0.5, 0.6) is 0 Å². The fourth-order valence-corrected chi connectivity index (χ4v) is 10.8. The molecule has 228 valence electrons. The fraction of sp³-hybridized carbons (Fsp3) is 0.667. The van der Waals surface area contributed by atoms with Gasteiger partial charge < -0.3 is 4.79 Å². The van der Waals surface area contributed by atoms with Gasteiger partial charge in [0.25, 0.3) is 0 Å². The van der Waals surface area contributed by atoms with Crippen LogP contribution in [0.3, 0.4) is 0 Å². The number of carbonyl (C=O) groups excluding carboxylic acids is 4. The van der Waals surface area contributed by atoms with Gasteiger partial charge in [0.2, 0.25) is 11.6 Å². The summed E-state index contributed by atoms with van der Waals surface area (Å²) >= 11 is 0. The molecule has 7 atom stereocenters. The standard InChI is InChI=1S/C36H45N3O4/c1-21(40)24-19-39(20-38-24)30(43)36-14-12-31(2,3)17-22(36)28-25(41)16-27-33(6)18-23(37-9)29(42)32(4,5)26(33)10-11-34(27,7)35(28,8)13-15-36/h16,18-20,22,26,28H,10-15,17H2,1-8H3. The zero-order chi connectivity index (χ0) is 31.5. The normalized spacial score (nSPS) is 41.0. The lowest BCUT2D eigenvalue weighted by Crippen LogP contribution is -2.66. The van der Waals surface area contributed by atoms with E-state index in [4.69, 9.17) is 6.57 Å². The highest BCUT2D eigenvalue weighted by Crippen LogP contribution is 2.74. The van der Waals surface area contributed by atoms with E-state index in [1.165, 1.54) is 17.8 Å². The van der Waals surface area contributed by atoms with E-state index in [0.717, 1.165) is 37.7 Å². The monoisotopic (exact) mass is 583 g/mol. The largest absolute Gasteiger partial charge is 0.307 e. The Balaban J connectivity index is 1.51. The minimum absolute atomic E-state index is 0.000129. The van der Waals surface area contributed by atoms with Crippen molar-refractivity contribution in [2.24, 2.45) is 50.2 Å². The maximum Gasteiger partial charge on any atom is 0.238 e. The van der Waals surface area contributed by atoms with Crippen LogP contribution in [0.1, 0.15) is 116 Å². The Hall–Kier alpha value is -3.14. The lowest BCUT2D eigenvalue weighted by molar-refractivity contribution is -0.164. The molecule has 0 aromatic carbocycles. The van der Waals surface area contributed by atoms with Crippen LogP contribution in [-0.4, -0.2) is 32.8 Å². The minimum atomic E-state index is -0.705. The van der Waals surface area contributed by atoms with Crippen molar-refractivity contribution in [1.82, 2.24) is 9.55 Å². The Labute approximate surface area is 255 Å². The maximum absolute atomic E-state index is 14.7. The molecule has 0 N–H and O–H groups in total. The molecule has 5 aliphatic rings. The Morgan fingerprint density at radius 2 is 1.67 bits per heavy atom. The zero-order valence-corrected chi connectivity index (χ0v) is 27.0. The second-order valence-corrected chi connectivity index (χ2v) is 16.4. The highest BCUT2D eigenvalue weighted by atomic mass is 16.2. The first-order chi connectivity index (χ1) is 19.9. The number of nitrogens with zero attached hydrogens (tertiary/aromatic N) is 3. The topological polar surface area (TPSA) is 90.5 Å². The number of hydrogen-bond acceptors (Lipinski definition) is 5. The first-order valence-electron chi connectivity index (χ1n) is 15.9. The van der Waals surface area contributed by atoms with Crippen molar-refractivity contribution in [3.8, 4) is 0 Å². The van der Waals surface area contributed by atoms with Crippen molar-refractivity contribution in [3.05, 3.63) is 53.1 Å². The van der Waals surface area contributed by atoms with Gasteiger partial charge in [0.1, 0.15) is 12.0 Å². The molecule has 0 aliphatic heterocycles. The van der Waals surface area contributed by atoms with E-state index in [1.54, 1.807) is 6.20 Å². The highest BCUT2D eigenvalue weighted by molar-refractivity contribution is 6.03. The number of hydrogen-bond donors (Lipinski definition) is 0. The first-order valence-corrected chi connectivity index (χ1v) is 15.9. The van der Waals surface area contributed by atoms with E-state index in [-0.39, 0.29) is 68.6 Å². The molecule has 0 saturated heterocycles. The van der Waals surface area contributed by atoms with Crippen molar-refractivity contribution in [1.29, 1.82) is 0 Å². The van der Waals surface area contributed by atoms with E-state index in [1.807, 2.05) is 26.0 Å². The predicted molar refractivity (Wildman–Crippen MR) is 163 cm³/mol. The molecule has 3 fully saturated rings. The molecule has 7 heteroatoms. The molecule has 7 unspecified atom stereocenters. The lowest BCUT2D eigenvalue weighted by Gasteiger charge is -2.69. The number of fused-ring (bicyclic) bond motifs is 7. The summed E-state index contributed by atoms with van der Waals surface area (Å²) in [6, 6.07) is 0. The van der Waals surface area contributed by atoms with Gasteiger partial charge in [-0.15, -0.1) is 0 Å². The van der Waals surface area contributed by atoms with Gasteiger partial charge in [-0.3, -0.25) is 19.0 Å². The SMILES string of the molecule is [C-]#[N+]C1=CC2(C)C3=CC(=O)C4C5CC(C)(C)CCC5(C(=O)n5cnc(C(C)=O)c5)CCC4(C)C3(C)CCC2C(C)(C)C1=O. The Bertz CT molecular complexity index is 1580. The molecule has 1 heterocycles. The van der Waals surface area contributed by atoms with Crippen molar-refractivity contribution in [2.45, 2.75) is 100 Å². The quantitative estimate of drug-likeness (QED) is 0.269. The minimum Gasteiger partial charge on any atom is -0.307 e. The number of aromatic nitrogens is 2. The van der Waals surface area contributed by atoms with Crippen LogP contribution < -0.4 is 0 Å². The van der Waals surface area contributed by atoms with Gasteiger partial charge in [0.05, 0.1) is 12.0 Å². The van der Waals surface area contributed by atoms with Gasteiger partial charge in [-0.1, -0.05) is 60.1 Å². The van der Waals surface area contributed by atoms with Gasteiger partial charge in [-0.05, 0) is 79.1 Å². The smallest absolute Gasteiger partial charge is 0.238 e. The summed E-state index contributed by atoms with van der Waals surface area (Å²) in [5.41, 5.74) is -1.19. The molecular weight excluding hydrogens is 538 g/mol. The highest BCUT2D eigenvalue weighted by Gasteiger charge is 2.70. The summed E-state index contributed by atoms with van der Waals surface area (Å²) in [4.78, 5) is 62.4. The van der Waals surface area contributed by atoms with Gasteiger partial charge in [-0.2, -0.15) is 0 Å². The summed E-state index contributed by atoms with van der Waals surface area (Å²) in [5.74, 6) is -0.705. The maximum atomic E-state index is 14.7. The number of allylic oxidation sites excluding steroid dienone is 4. The molecule has 3 saturated carbocycles. The third kappa shape index (κ3) is 3.74. The molecule has 0 spiro atoms. The summed E-state index contributed by atoms with van der Waals surface area (Å²) in [6.07, 6.45) is 12.3. The number of ketones is 3. The number of Topliss-reactive ketones (excluding diaryl/α,β-unsaturated/α-hetero) is 2. The summed E-state index contributed by atoms with van der Waals surface area (Å²) in [6.45, 7) is 24.4.